The van der Waals surface area contributed by atoms with Gasteiger partial charge in [-0.25, -0.2) is 4.39 Å². The molecule has 1 fully saturated rings. The first-order chi connectivity index (χ1) is 15.6. The molecule has 1 N–H and O–H groups in total. The maximum Gasteiger partial charge on any atom is 0.258 e. The Morgan fingerprint density at radius 2 is 1.78 bits per heavy atom. The van der Waals surface area contributed by atoms with Gasteiger partial charge in [-0.15, -0.1) is 0 Å². The second-order valence-corrected chi connectivity index (χ2v) is 8.01. The number of amides is 1. The maximum absolute atomic E-state index is 13.2. The molecule has 4 rings (SSSR count). The minimum atomic E-state index is -0.235. The molecule has 1 aliphatic rings. The highest BCUT2D eigenvalue weighted by molar-refractivity contribution is 6.30. The van der Waals surface area contributed by atoms with E-state index in [0.717, 1.165) is 37.6 Å². The second kappa shape index (κ2) is 10.5. The first-order valence-electron chi connectivity index (χ1n) is 10.5. The maximum atomic E-state index is 13.2. The van der Waals surface area contributed by atoms with Gasteiger partial charge in [0.25, 0.3) is 5.91 Å². The number of rotatable bonds is 8. The van der Waals surface area contributed by atoms with E-state index in [2.05, 4.69) is 15.1 Å². The number of hydrogen-bond donors (Lipinski definition) is 1. The lowest BCUT2D eigenvalue weighted by Gasteiger charge is -2.39. The van der Waals surface area contributed by atoms with Gasteiger partial charge in [0.05, 0.1) is 12.3 Å². The molecule has 1 aliphatic heterocycles. The topological polar surface area (TPSA) is 58.0 Å². The molecule has 2 aromatic carbocycles. The minimum absolute atomic E-state index is 0.0785. The Morgan fingerprint density at radius 1 is 1.06 bits per heavy atom. The fourth-order valence-corrected chi connectivity index (χ4v) is 3.90. The van der Waals surface area contributed by atoms with Crippen LogP contribution in [-0.4, -0.2) is 50.1 Å². The Hall–Kier alpha value is -3.03. The largest absolute Gasteiger partial charge is 0.484 e. The van der Waals surface area contributed by atoms with E-state index in [9.17, 15) is 9.18 Å². The summed E-state index contributed by atoms with van der Waals surface area (Å²) in [4.78, 5) is 16.9. The van der Waals surface area contributed by atoms with Gasteiger partial charge >= 0.3 is 0 Å². The molecule has 8 heteroatoms. The summed E-state index contributed by atoms with van der Waals surface area (Å²) < 4.78 is 24.4. The van der Waals surface area contributed by atoms with Gasteiger partial charge in [0.1, 0.15) is 17.3 Å². The van der Waals surface area contributed by atoms with E-state index in [-0.39, 0.29) is 24.4 Å². The first kappa shape index (κ1) is 22.2. The number of ether oxygens (including phenoxy) is 1. The van der Waals surface area contributed by atoms with Crippen molar-refractivity contribution in [3.05, 3.63) is 83.5 Å². The predicted octanol–water partition coefficient (Wildman–Crippen LogP) is 4.13. The van der Waals surface area contributed by atoms with E-state index in [4.69, 9.17) is 20.8 Å². The van der Waals surface area contributed by atoms with E-state index in [0.29, 0.717) is 17.3 Å². The minimum Gasteiger partial charge on any atom is -0.484 e. The quantitative estimate of drug-likeness (QED) is 0.551. The SMILES string of the molecule is O=C(COc1ccc(Cl)cc1)NCC(c1ccco1)N1CCN(c2ccc(F)cc2)CC1. The zero-order valence-corrected chi connectivity index (χ0v) is 18.3. The lowest BCUT2D eigenvalue weighted by Crippen LogP contribution is -2.50. The van der Waals surface area contributed by atoms with Crippen LogP contribution in [0.15, 0.2) is 71.3 Å². The summed E-state index contributed by atoms with van der Waals surface area (Å²) in [6.07, 6.45) is 1.64. The molecule has 0 bridgehead atoms. The van der Waals surface area contributed by atoms with Gasteiger partial charge < -0.3 is 19.4 Å². The highest BCUT2D eigenvalue weighted by Gasteiger charge is 2.27. The summed E-state index contributed by atoms with van der Waals surface area (Å²) in [7, 11) is 0. The average molecular weight is 458 g/mol. The van der Waals surface area contributed by atoms with Crippen LogP contribution >= 0.6 is 11.6 Å². The van der Waals surface area contributed by atoms with E-state index >= 15 is 0 Å². The lowest BCUT2D eigenvalue weighted by atomic mass is 10.1. The van der Waals surface area contributed by atoms with Crippen LogP contribution in [0.1, 0.15) is 11.8 Å². The number of nitrogens with one attached hydrogen (secondary N) is 1. The number of anilines is 1. The fourth-order valence-electron chi connectivity index (χ4n) is 3.78. The Labute approximate surface area is 191 Å². The Balaban J connectivity index is 1.31. The average Bonchev–Trinajstić information content (AvgIpc) is 3.34. The predicted molar refractivity (Wildman–Crippen MR) is 122 cm³/mol. The number of piperazine rings is 1. The van der Waals surface area contributed by atoms with Crippen LogP contribution < -0.4 is 15.0 Å². The van der Waals surface area contributed by atoms with Gasteiger partial charge in [-0.3, -0.25) is 9.69 Å². The van der Waals surface area contributed by atoms with Crippen LogP contribution in [0.3, 0.4) is 0 Å². The van der Waals surface area contributed by atoms with Crippen molar-refractivity contribution in [2.24, 2.45) is 0 Å². The summed E-state index contributed by atoms with van der Waals surface area (Å²) in [5, 5.41) is 3.57. The molecular formula is C24H25ClFN3O3. The summed E-state index contributed by atoms with van der Waals surface area (Å²) in [5.41, 5.74) is 1.01. The van der Waals surface area contributed by atoms with Gasteiger partial charge in [-0.05, 0) is 60.7 Å². The zero-order valence-electron chi connectivity index (χ0n) is 17.5. The second-order valence-electron chi connectivity index (χ2n) is 7.58. The number of benzene rings is 2. The number of hydrogen-bond acceptors (Lipinski definition) is 5. The van der Waals surface area contributed by atoms with Crippen molar-refractivity contribution in [3.63, 3.8) is 0 Å². The van der Waals surface area contributed by atoms with Crippen molar-refractivity contribution >= 4 is 23.2 Å². The smallest absolute Gasteiger partial charge is 0.258 e. The van der Waals surface area contributed by atoms with Crippen molar-refractivity contribution in [3.8, 4) is 5.75 Å². The van der Waals surface area contributed by atoms with Crippen molar-refractivity contribution < 1.29 is 18.3 Å². The molecule has 1 saturated heterocycles. The summed E-state index contributed by atoms with van der Waals surface area (Å²) in [6.45, 7) is 3.52. The Bertz CT molecular complexity index is 988. The van der Waals surface area contributed by atoms with E-state index < -0.39 is 0 Å². The number of carbonyl (C=O) groups is 1. The molecular weight excluding hydrogens is 433 g/mol. The summed E-state index contributed by atoms with van der Waals surface area (Å²) in [6, 6.07) is 17.1. The van der Waals surface area contributed by atoms with Crippen LogP contribution in [0.4, 0.5) is 10.1 Å². The molecule has 3 aromatic rings. The molecule has 1 atom stereocenters. The molecule has 0 aliphatic carbocycles. The van der Waals surface area contributed by atoms with E-state index in [1.165, 1.54) is 12.1 Å². The van der Waals surface area contributed by atoms with Crippen molar-refractivity contribution in [2.45, 2.75) is 6.04 Å². The van der Waals surface area contributed by atoms with Crippen LogP contribution in [-0.2, 0) is 4.79 Å². The molecule has 1 amide bonds. The van der Waals surface area contributed by atoms with Crippen LogP contribution in [0, 0.1) is 5.82 Å². The van der Waals surface area contributed by atoms with E-state index in [1.807, 2.05) is 12.1 Å². The van der Waals surface area contributed by atoms with Crippen LogP contribution in [0.2, 0.25) is 5.02 Å². The van der Waals surface area contributed by atoms with Crippen LogP contribution in [0.25, 0.3) is 0 Å². The third-order valence-corrected chi connectivity index (χ3v) is 5.75. The summed E-state index contributed by atoms with van der Waals surface area (Å²) >= 11 is 5.87. The molecule has 0 spiro atoms. The number of nitrogens with zero attached hydrogens (tertiary/aromatic N) is 2. The molecule has 168 valence electrons. The third-order valence-electron chi connectivity index (χ3n) is 5.49. The first-order valence-corrected chi connectivity index (χ1v) is 10.9. The third kappa shape index (κ3) is 5.81. The molecule has 0 saturated carbocycles. The number of carbonyl (C=O) groups excluding carboxylic acids is 1. The highest BCUT2D eigenvalue weighted by Crippen LogP contribution is 2.24. The normalized spacial score (nSPS) is 15.4. The van der Waals surface area contributed by atoms with Crippen LogP contribution in [0.5, 0.6) is 5.75 Å². The standard InChI is InChI=1S/C24H25ClFN3O3/c25-18-3-9-21(10-4-18)32-17-24(30)27-16-22(23-2-1-15-31-23)29-13-11-28(12-14-29)20-7-5-19(26)6-8-20/h1-10,15,22H,11-14,16-17H2,(H,27,30). The van der Waals surface area contributed by atoms with Gasteiger partial charge in [-0.1, -0.05) is 11.6 Å². The molecule has 6 nitrogen and oxygen atoms in total. The van der Waals surface area contributed by atoms with Gasteiger partial charge in [0.15, 0.2) is 6.61 Å². The van der Waals surface area contributed by atoms with Gasteiger partial charge in [0, 0.05) is 43.4 Å². The number of halogens is 2. The van der Waals surface area contributed by atoms with Crippen molar-refractivity contribution in [1.29, 1.82) is 0 Å². The Kier molecular flexibility index (Phi) is 7.29. The van der Waals surface area contributed by atoms with E-state index in [1.54, 1.807) is 42.7 Å². The molecule has 1 aromatic heterocycles. The molecule has 2 heterocycles. The van der Waals surface area contributed by atoms with Crippen molar-refractivity contribution in [1.82, 2.24) is 10.2 Å². The summed E-state index contributed by atoms with van der Waals surface area (Å²) in [5.74, 6) is 0.950. The number of furan rings is 1. The van der Waals surface area contributed by atoms with Gasteiger partial charge in [0.2, 0.25) is 0 Å². The van der Waals surface area contributed by atoms with Gasteiger partial charge in [-0.2, -0.15) is 0 Å². The molecule has 1 unspecified atom stereocenters. The monoisotopic (exact) mass is 457 g/mol. The molecule has 0 radical (unpaired) electrons. The fraction of sp³-hybridized carbons (Fsp3) is 0.292. The zero-order chi connectivity index (χ0) is 22.3. The molecule has 32 heavy (non-hydrogen) atoms. The van der Waals surface area contributed by atoms with Crippen molar-refractivity contribution in [2.75, 3.05) is 44.2 Å². The lowest BCUT2D eigenvalue weighted by molar-refractivity contribution is -0.123. The Morgan fingerprint density at radius 3 is 2.44 bits per heavy atom. The highest BCUT2D eigenvalue weighted by atomic mass is 35.5.